The number of benzene rings is 1. The summed E-state index contributed by atoms with van der Waals surface area (Å²) < 4.78 is 37.9. The van der Waals surface area contributed by atoms with Crippen molar-refractivity contribution in [2.45, 2.75) is 37.6 Å². The van der Waals surface area contributed by atoms with Crippen LogP contribution >= 0.6 is 11.6 Å². The predicted molar refractivity (Wildman–Crippen MR) is 89.9 cm³/mol. The van der Waals surface area contributed by atoms with Crippen molar-refractivity contribution in [1.29, 1.82) is 0 Å². The Morgan fingerprint density at radius 1 is 1.38 bits per heavy atom. The molecule has 8 heteroatoms. The average Bonchev–Trinajstić information content (AvgIpc) is 2.98. The Bertz CT molecular complexity index is 861. The van der Waals surface area contributed by atoms with E-state index in [1.807, 2.05) is 13.8 Å². The largest absolute Gasteiger partial charge is 0.495 e. The van der Waals surface area contributed by atoms with E-state index in [0.717, 1.165) is 5.76 Å². The highest BCUT2D eigenvalue weighted by Crippen LogP contribution is 2.31. The van der Waals surface area contributed by atoms with E-state index < -0.39 is 10.0 Å². The first-order valence-corrected chi connectivity index (χ1v) is 9.47. The normalized spacial score (nSPS) is 15.5. The fourth-order valence-corrected chi connectivity index (χ4v) is 4.35. The summed E-state index contributed by atoms with van der Waals surface area (Å²) in [7, 11) is -2.17. The van der Waals surface area contributed by atoms with E-state index in [9.17, 15) is 8.42 Å². The third-order valence-electron chi connectivity index (χ3n) is 3.96. The molecular formula is C16H19ClN2O4S. The number of aromatic nitrogens is 1. The first kappa shape index (κ1) is 17.3. The Hall–Kier alpha value is -1.57. The number of hydrogen-bond acceptors (Lipinski definition) is 5. The van der Waals surface area contributed by atoms with Crippen LogP contribution in [0.2, 0.25) is 5.02 Å². The highest BCUT2D eigenvalue weighted by atomic mass is 35.5. The second-order valence-corrected chi connectivity index (χ2v) is 8.31. The van der Waals surface area contributed by atoms with E-state index in [2.05, 4.69) is 4.98 Å². The highest BCUT2D eigenvalue weighted by molar-refractivity contribution is 7.89. The zero-order chi connectivity index (χ0) is 17.5. The topological polar surface area (TPSA) is 72.6 Å². The number of methoxy groups -OCH3 is 1. The van der Waals surface area contributed by atoms with E-state index in [4.69, 9.17) is 20.8 Å². The van der Waals surface area contributed by atoms with Crippen molar-refractivity contribution in [3.63, 3.8) is 0 Å². The number of rotatable bonds is 4. The summed E-state index contributed by atoms with van der Waals surface area (Å²) in [4.78, 5) is 4.58. The van der Waals surface area contributed by atoms with E-state index in [-0.39, 0.29) is 22.4 Å². The van der Waals surface area contributed by atoms with Crippen LogP contribution in [0.4, 0.5) is 0 Å². The van der Waals surface area contributed by atoms with Gasteiger partial charge >= 0.3 is 0 Å². The Morgan fingerprint density at radius 2 is 2.12 bits per heavy atom. The Balaban J connectivity index is 1.89. The molecule has 6 nitrogen and oxygen atoms in total. The van der Waals surface area contributed by atoms with Crippen LogP contribution in [0.3, 0.4) is 0 Å². The molecule has 3 rings (SSSR count). The molecule has 0 bridgehead atoms. The molecule has 24 heavy (non-hydrogen) atoms. The molecule has 0 unspecified atom stereocenters. The van der Waals surface area contributed by atoms with Gasteiger partial charge in [-0.05, 0) is 18.2 Å². The fourth-order valence-electron chi connectivity index (χ4n) is 2.60. The summed E-state index contributed by atoms with van der Waals surface area (Å²) in [6.45, 7) is 4.54. The first-order chi connectivity index (χ1) is 11.3. The maximum absolute atomic E-state index is 12.9. The standard InChI is InChI=1S/C16H19ClN2O4S/c1-10(2)16-18-13-9-19(7-6-15(13)23-16)24(20,21)11-4-5-14(22-3)12(17)8-11/h4-5,8,10H,6-7,9H2,1-3H3. The minimum Gasteiger partial charge on any atom is -0.495 e. The van der Waals surface area contributed by atoms with Gasteiger partial charge in [0.1, 0.15) is 11.5 Å². The molecule has 0 amide bonds. The molecular weight excluding hydrogens is 352 g/mol. The van der Waals surface area contributed by atoms with E-state index >= 15 is 0 Å². The summed E-state index contributed by atoms with van der Waals surface area (Å²) in [6.07, 6.45) is 0.512. The molecule has 2 heterocycles. The van der Waals surface area contributed by atoms with Gasteiger partial charge in [0.05, 0.1) is 29.3 Å². The lowest BCUT2D eigenvalue weighted by atomic mass is 10.2. The molecule has 0 radical (unpaired) electrons. The molecule has 0 N–H and O–H groups in total. The lowest BCUT2D eigenvalue weighted by molar-refractivity contribution is 0.354. The lowest BCUT2D eigenvalue weighted by Crippen LogP contribution is -2.35. The third-order valence-corrected chi connectivity index (χ3v) is 6.10. The minimum absolute atomic E-state index is 0.143. The van der Waals surface area contributed by atoms with Crippen LogP contribution in [0.5, 0.6) is 5.75 Å². The smallest absolute Gasteiger partial charge is 0.243 e. The van der Waals surface area contributed by atoms with Crippen LogP contribution in [-0.4, -0.2) is 31.4 Å². The molecule has 0 saturated carbocycles. The van der Waals surface area contributed by atoms with Crippen LogP contribution in [0.25, 0.3) is 0 Å². The number of halogens is 1. The quantitative estimate of drug-likeness (QED) is 0.826. The van der Waals surface area contributed by atoms with Crippen LogP contribution in [0.15, 0.2) is 27.5 Å². The number of ether oxygens (including phenoxy) is 1. The molecule has 130 valence electrons. The third kappa shape index (κ3) is 3.03. The van der Waals surface area contributed by atoms with Gasteiger partial charge in [-0.25, -0.2) is 13.4 Å². The second kappa shape index (κ2) is 6.38. The zero-order valence-electron chi connectivity index (χ0n) is 13.7. The molecule has 0 atom stereocenters. The molecule has 1 aliphatic heterocycles. The Kier molecular flexibility index (Phi) is 4.59. The first-order valence-electron chi connectivity index (χ1n) is 7.65. The van der Waals surface area contributed by atoms with Gasteiger partial charge in [0, 0.05) is 18.9 Å². The highest BCUT2D eigenvalue weighted by Gasteiger charge is 2.32. The van der Waals surface area contributed by atoms with Gasteiger partial charge in [-0.1, -0.05) is 25.4 Å². The van der Waals surface area contributed by atoms with Gasteiger partial charge in [-0.2, -0.15) is 4.31 Å². The van der Waals surface area contributed by atoms with Gasteiger partial charge in [-0.15, -0.1) is 0 Å². The maximum Gasteiger partial charge on any atom is 0.243 e. The van der Waals surface area contributed by atoms with Crippen LogP contribution in [-0.2, 0) is 23.0 Å². The van der Waals surface area contributed by atoms with Gasteiger partial charge in [0.15, 0.2) is 5.89 Å². The van der Waals surface area contributed by atoms with E-state index in [1.54, 1.807) is 6.07 Å². The van der Waals surface area contributed by atoms with Crippen molar-refractivity contribution in [3.05, 3.63) is 40.6 Å². The number of oxazole rings is 1. The van der Waals surface area contributed by atoms with Gasteiger partial charge in [-0.3, -0.25) is 0 Å². The molecule has 0 saturated heterocycles. The van der Waals surface area contributed by atoms with Gasteiger partial charge in [0.25, 0.3) is 0 Å². The van der Waals surface area contributed by atoms with Crippen LogP contribution < -0.4 is 4.74 Å². The van der Waals surface area contributed by atoms with Gasteiger partial charge < -0.3 is 9.15 Å². The second-order valence-electron chi connectivity index (χ2n) is 5.96. The van der Waals surface area contributed by atoms with Crippen LogP contribution in [0.1, 0.15) is 37.1 Å². The summed E-state index contributed by atoms with van der Waals surface area (Å²) in [5.74, 6) is 2.03. The molecule has 2 aromatic rings. The van der Waals surface area contributed by atoms with Crippen LogP contribution in [0, 0.1) is 0 Å². The zero-order valence-corrected chi connectivity index (χ0v) is 15.3. The van der Waals surface area contributed by atoms with Crippen molar-refractivity contribution in [2.75, 3.05) is 13.7 Å². The number of nitrogens with zero attached hydrogens (tertiary/aromatic N) is 2. The van der Waals surface area contributed by atoms with Crippen molar-refractivity contribution in [2.24, 2.45) is 0 Å². The van der Waals surface area contributed by atoms with E-state index in [1.165, 1.54) is 23.5 Å². The van der Waals surface area contributed by atoms with Crippen molar-refractivity contribution in [3.8, 4) is 5.75 Å². The number of fused-ring (bicyclic) bond motifs is 1. The fraction of sp³-hybridized carbons (Fsp3) is 0.438. The minimum atomic E-state index is -3.65. The van der Waals surface area contributed by atoms with Crippen molar-refractivity contribution in [1.82, 2.24) is 9.29 Å². The Labute approximate surface area is 146 Å². The van der Waals surface area contributed by atoms with E-state index in [0.29, 0.717) is 30.3 Å². The Morgan fingerprint density at radius 3 is 2.75 bits per heavy atom. The summed E-state index contributed by atoms with van der Waals surface area (Å²) in [6, 6.07) is 4.46. The number of sulfonamides is 1. The predicted octanol–water partition coefficient (Wildman–Crippen LogP) is 3.21. The molecule has 1 aliphatic rings. The summed E-state index contributed by atoms with van der Waals surface area (Å²) in [5.41, 5.74) is 0.688. The SMILES string of the molecule is COc1ccc(S(=O)(=O)N2CCc3oc(C(C)C)nc3C2)cc1Cl. The van der Waals surface area contributed by atoms with Crippen molar-refractivity contribution >= 4 is 21.6 Å². The lowest BCUT2D eigenvalue weighted by Gasteiger charge is -2.24. The molecule has 0 spiro atoms. The number of hydrogen-bond donors (Lipinski definition) is 0. The molecule has 0 aliphatic carbocycles. The van der Waals surface area contributed by atoms with Gasteiger partial charge in [0.2, 0.25) is 10.0 Å². The average molecular weight is 371 g/mol. The van der Waals surface area contributed by atoms with Crippen molar-refractivity contribution < 1.29 is 17.6 Å². The molecule has 0 fully saturated rings. The monoisotopic (exact) mass is 370 g/mol. The summed E-state index contributed by atoms with van der Waals surface area (Å²) in [5, 5.41) is 0.264. The molecule has 1 aromatic heterocycles. The molecule has 1 aromatic carbocycles. The maximum atomic E-state index is 12.9. The summed E-state index contributed by atoms with van der Waals surface area (Å²) >= 11 is 6.06.